The lowest BCUT2D eigenvalue weighted by molar-refractivity contribution is -0.0903. The maximum atomic E-state index is 13.1. The number of ketones is 1. The van der Waals surface area contributed by atoms with E-state index in [1.807, 2.05) is 43.3 Å². The number of hydrogen-bond donors (Lipinski definition) is 0. The molecule has 2 heterocycles. The van der Waals surface area contributed by atoms with Crippen molar-refractivity contribution in [2.24, 2.45) is 7.05 Å². The average Bonchev–Trinajstić information content (AvgIpc) is 3.23. The van der Waals surface area contributed by atoms with Crippen molar-refractivity contribution in [2.45, 2.75) is 31.2 Å². The van der Waals surface area contributed by atoms with Gasteiger partial charge in [-0.3, -0.25) is 4.79 Å². The Morgan fingerprint density at radius 3 is 2.47 bits per heavy atom. The van der Waals surface area contributed by atoms with Gasteiger partial charge in [-0.1, -0.05) is 37.3 Å². The summed E-state index contributed by atoms with van der Waals surface area (Å²) in [6.45, 7) is 4.36. The highest BCUT2D eigenvalue weighted by atomic mass is 32.2. The molecule has 0 N–H and O–H groups in total. The largest absolute Gasteiger partial charge is 0.412 e. The van der Waals surface area contributed by atoms with Gasteiger partial charge in [0.2, 0.25) is 0 Å². The SMILES string of the molecule is CCSc1sc(-c2ccccc2)cc1-c1nc(/C=C(\C)C(F)(F)F)c(C(C)=O)n1C. The van der Waals surface area contributed by atoms with Crippen LogP contribution in [0.5, 0.6) is 0 Å². The maximum Gasteiger partial charge on any atom is 0.412 e. The number of Topliss-reactive ketones (excluding diaryl/α,β-unsaturated/α-hetero) is 1. The molecule has 0 spiro atoms. The van der Waals surface area contributed by atoms with Gasteiger partial charge < -0.3 is 4.57 Å². The molecule has 158 valence electrons. The lowest BCUT2D eigenvalue weighted by Gasteiger charge is -2.06. The highest BCUT2D eigenvalue weighted by Crippen LogP contribution is 2.43. The second-order valence-corrected chi connectivity index (χ2v) is 9.31. The molecule has 3 aromatic rings. The number of thiophene rings is 1. The van der Waals surface area contributed by atoms with E-state index in [0.717, 1.165) is 39.0 Å². The standard InChI is InChI=1S/C22H21F3N2OS2/c1-5-29-21-16(12-18(30-21)15-9-7-6-8-10-15)20-26-17(11-13(2)22(23,24)25)19(14(3)28)27(20)4/h6-12H,5H2,1-4H3/b13-11+. The Morgan fingerprint density at radius 2 is 1.90 bits per heavy atom. The van der Waals surface area contributed by atoms with Crippen molar-refractivity contribution in [3.63, 3.8) is 0 Å². The van der Waals surface area contributed by atoms with Gasteiger partial charge in [0.15, 0.2) is 5.78 Å². The number of aromatic nitrogens is 2. The van der Waals surface area contributed by atoms with Crippen LogP contribution in [0.4, 0.5) is 13.2 Å². The Morgan fingerprint density at radius 1 is 1.23 bits per heavy atom. The molecular weight excluding hydrogens is 429 g/mol. The van der Waals surface area contributed by atoms with Gasteiger partial charge in [-0.15, -0.1) is 23.1 Å². The fourth-order valence-corrected chi connectivity index (χ4v) is 5.40. The second-order valence-electron chi connectivity index (χ2n) is 6.72. The first-order chi connectivity index (χ1) is 14.1. The van der Waals surface area contributed by atoms with Crippen LogP contribution in [-0.2, 0) is 7.05 Å². The second kappa shape index (κ2) is 8.81. The predicted molar refractivity (Wildman–Crippen MR) is 118 cm³/mol. The summed E-state index contributed by atoms with van der Waals surface area (Å²) in [7, 11) is 1.67. The third-order valence-electron chi connectivity index (χ3n) is 4.53. The number of imidazole rings is 1. The zero-order valence-electron chi connectivity index (χ0n) is 17.0. The number of carbonyl (C=O) groups excluding carboxylic acids is 1. The van der Waals surface area contributed by atoms with Crippen LogP contribution in [-0.4, -0.2) is 27.3 Å². The van der Waals surface area contributed by atoms with Crippen LogP contribution in [0.2, 0.25) is 0 Å². The fraction of sp³-hybridized carbons (Fsp3) is 0.273. The number of halogens is 3. The molecule has 8 heteroatoms. The number of carbonyl (C=O) groups is 1. The summed E-state index contributed by atoms with van der Waals surface area (Å²) in [5.74, 6) is 0.988. The molecule has 0 saturated carbocycles. The van der Waals surface area contributed by atoms with Crippen molar-refractivity contribution < 1.29 is 18.0 Å². The van der Waals surface area contributed by atoms with E-state index in [2.05, 4.69) is 4.98 Å². The molecule has 0 bridgehead atoms. The fourth-order valence-electron chi connectivity index (χ4n) is 3.08. The van der Waals surface area contributed by atoms with Crippen LogP contribution in [0, 0.1) is 0 Å². The Labute approximate surface area is 181 Å². The summed E-state index contributed by atoms with van der Waals surface area (Å²) in [5, 5.41) is 0. The summed E-state index contributed by atoms with van der Waals surface area (Å²) < 4.78 is 41.8. The first-order valence-electron chi connectivity index (χ1n) is 9.29. The summed E-state index contributed by atoms with van der Waals surface area (Å²) in [5.41, 5.74) is 1.28. The molecular formula is C22H21F3N2OS2. The molecule has 2 aromatic heterocycles. The Bertz CT molecular complexity index is 1100. The van der Waals surface area contributed by atoms with Gasteiger partial charge in [0, 0.05) is 30.0 Å². The lowest BCUT2D eigenvalue weighted by Crippen LogP contribution is -2.09. The molecule has 0 saturated heterocycles. The first-order valence-corrected chi connectivity index (χ1v) is 11.1. The number of allylic oxidation sites excluding steroid dienone is 1. The van der Waals surface area contributed by atoms with Crippen molar-refractivity contribution in [2.75, 3.05) is 5.75 Å². The zero-order chi connectivity index (χ0) is 22.1. The van der Waals surface area contributed by atoms with E-state index in [-0.39, 0.29) is 17.2 Å². The van der Waals surface area contributed by atoms with Gasteiger partial charge >= 0.3 is 6.18 Å². The minimum absolute atomic E-state index is 0.0368. The Hall–Kier alpha value is -2.32. The molecule has 1 aromatic carbocycles. The third kappa shape index (κ3) is 4.54. The lowest BCUT2D eigenvalue weighted by atomic mass is 10.1. The minimum Gasteiger partial charge on any atom is -0.324 e. The Balaban J connectivity index is 2.20. The van der Waals surface area contributed by atoms with E-state index >= 15 is 0 Å². The van der Waals surface area contributed by atoms with Crippen molar-refractivity contribution in [1.82, 2.24) is 9.55 Å². The number of nitrogens with zero attached hydrogens (tertiary/aromatic N) is 2. The van der Waals surface area contributed by atoms with E-state index in [0.29, 0.717) is 5.82 Å². The van der Waals surface area contributed by atoms with Gasteiger partial charge in [0.25, 0.3) is 0 Å². The minimum atomic E-state index is -4.47. The van der Waals surface area contributed by atoms with Crippen molar-refractivity contribution in [3.8, 4) is 21.8 Å². The van der Waals surface area contributed by atoms with Gasteiger partial charge in [-0.25, -0.2) is 4.98 Å². The van der Waals surface area contributed by atoms with E-state index in [9.17, 15) is 18.0 Å². The number of benzene rings is 1. The van der Waals surface area contributed by atoms with Crippen LogP contribution >= 0.6 is 23.1 Å². The third-order valence-corrected chi connectivity index (χ3v) is 6.88. The number of alkyl halides is 3. The first kappa shape index (κ1) is 22.4. The van der Waals surface area contributed by atoms with E-state index in [1.54, 1.807) is 34.7 Å². The molecule has 0 fully saturated rings. The molecule has 0 aliphatic heterocycles. The van der Waals surface area contributed by atoms with Gasteiger partial charge in [-0.05, 0) is 30.4 Å². The molecule has 30 heavy (non-hydrogen) atoms. The molecule has 0 unspecified atom stereocenters. The van der Waals surface area contributed by atoms with Crippen molar-refractivity contribution in [3.05, 3.63) is 53.4 Å². The van der Waals surface area contributed by atoms with Gasteiger partial charge in [0.05, 0.1) is 9.90 Å². The smallest absolute Gasteiger partial charge is 0.324 e. The van der Waals surface area contributed by atoms with Gasteiger partial charge in [-0.2, -0.15) is 13.2 Å². The van der Waals surface area contributed by atoms with Crippen LogP contribution in [0.15, 0.2) is 46.2 Å². The predicted octanol–water partition coefficient (Wildman–Crippen LogP) is 7.10. The van der Waals surface area contributed by atoms with Gasteiger partial charge in [0.1, 0.15) is 11.5 Å². The molecule has 3 nitrogen and oxygen atoms in total. The Kier molecular flexibility index (Phi) is 6.57. The van der Waals surface area contributed by atoms with Crippen LogP contribution in [0.1, 0.15) is 37.0 Å². The molecule has 0 atom stereocenters. The topological polar surface area (TPSA) is 34.9 Å². The molecule has 3 rings (SSSR count). The normalized spacial score (nSPS) is 12.4. The molecule has 0 radical (unpaired) electrons. The summed E-state index contributed by atoms with van der Waals surface area (Å²) in [4.78, 5) is 17.7. The van der Waals surface area contributed by atoms with Crippen LogP contribution in [0.25, 0.3) is 27.9 Å². The zero-order valence-corrected chi connectivity index (χ0v) is 18.6. The molecule has 0 aliphatic carbocycles. The maximum absolute atomic E-state index is 13.1. The van der Waals surface area contributed by atoms with Crippen molar-refractivity contribution in [1.29, 1.82) is 0 Å². The summed E-state index contributed by atoms with van der Waals surface area (Å²) >= 11 is 3.26. The van der Waals surface area contributed by atoms with Crippen molar-refractivity contribution >= 4 is 35.0 Å². The van der Waals surface area contributed by atoms with Crippen LogP contribution in [0.3, 0.4) is 0 Å². The molecule has 0 amide bonds. The average molecular weight is 451 g/mol. The number of thioether (sulfide) groups is 1. The monoisotopic (exact) mass is 450 g/mol. The van der Waals surface area contributed by atoms with Crippen LogP contribution < -0.4 is 0 Å². The summed E-state index contributed by atoms with van der Waals surface area (Å²) in [6, 6.07) is 11.9. The summed E-state index contributed by atoms with van der Waals surface area (Å²) in [6.07, 6.45) is -3.53. The number of hydrogen-bond acceptors (Lipinski definition) is 4. The van der Waals surface area contributed by atoms with E-state index in [1.165, 1.54) is 6.92 Å². The number of rotatable bonds is 6. The highest BCUT2D eigenvalue weighted by molar-refractivity contribution is 8.01. The highest BCUT2D eigenvalue weighted by Gasteiger charge is 2.31. The van der Waals surface area contributed by atoms with E-state index < -0.39 is 11.7 Å². The quantitative estimate of drug-likeness (QED) is 0.297. The van der Waals surface area contributed by atoms with E-state index in [4.69, 9.17) is 0 Å². The molecule has 0 aliphatic rings.